The molecule has 0 radical (unpaired) electrons. The fraction of sp³-hybridized carbons (Fsp3) is 0.303. The van der Waals surface area contributed by atoms with Gasteiger partial charge in [-0.15, -0.1) is 0 Å². The number of nitrogens with one attached hydrogen (secondary N) is 1. The maximum absolute atomic E-state index is 14.2. The molecule has 2 saturated heterocycles. The lowest BCUT2D eigenvalue weighted by molar-refractivity contribution is -0.176. The molecule has 3 heterocycles. The first-order chi connectivity index (χ1) is 19.5. The van der Waals surface area contributed by atoms with E-state index in [4.69, 9.17) is 9.47 Å². The number of Topliss-reactive ketones (excluding diaryl/α,β-unsaturated/α-hetero) is 1. The van der Waals surface area contributed by atoms with Gasteiger partial charge in [-0.2, -0.15) is 0 Å². The molecule has 4 aromatic rings. The summed E-state index contributed by atoms with van der Waals surface area (Å²) in [4.78, 5) is 46.5. The Bertz CT molecular complexity index is 1480. The molecule has 2 fully saturated rings. The second kappa shape index (κ2) is 11.1. The number of hydrogen-bond donors (Lipinski definition) is 1. The Balaban J connectivity index is 1.33. The van der Waals surface area contributed by atoms with E-state index in [9.17, 15) is 14.4 Å². The molecule has 7 nitrogen and oxygen atoms in total. The normalized spacial score (nSPS) is 24.2. The monoisotopic (exact) mass is 536 g/mol. The minimum atomic E-state index is -1.11. The summed E-state index contributed by atoms with van der Waals surface area (Å²) in [6, 6.07) is 28.3. The first-order valence-electron chi connectivity index (χ1n) is 13.9. The summed E-state index contributed by atoms with van der Waals surface area (Å²) in [5.41, 5.74) is 3.13. The smallest absolute Gasteiger partial charge is 0.319 e. The predicted molar refractivity (Wildman–Crippen MR) is 150 cm³/mol. The van der Waals surface area contributed by atoms with Gasteiger partial charge in [0.2, 0.25) is 5.91 Å². The van der Waals surface area contributed by atoms with E-state index in [1.54, 1.807) is 4.90 Å². The molecule has 0 saturated carbocycles. The van der Waals surface area contributed by atoms with Crippen molar-refractivity contribution in [2.75, 3.05) is 6.61 Å². The minimum absolute atomic E-state index is 0.0336. The molecule has 204 valence electrons. The number of nitrogens with zero attached hydrogens (tertiary/aromatic N) is 1. The number of rotatable bonds is 8. The molecule has 0 bridgehead atoms. The summed E-state index contributed by atoms with van der Waals surface area (Å²) in [7, 11) is 0. The number of fused-ring (bicyclic) bond motifs is 2. The molecule has 1 N–H and O–H groups in total. The summed E-state index contributed by atoms with van der Waals surface area (Å²) in [5, 5.41) is 0.937. The Morgan fingerprint density at radius 3 is 2.38 bits per heavy atom. The first-order valence-corrected chi connectivity index (χ1v) is 13.9. The molecule has 1 unspecified atom stereocenters. The van der Waals surface area contributed by atoms with Gasteiger partial charge in [0.15, 0.2) is 5.78 Å². The van der Waals surface area contributed by atoms with Gasteiger partial charge in [-0.25, -0.2) is 0 Å². The fourth-order valence-corrected chi connectivity index (χ4v) is 6.29. The highest BCUT2D eigenvalue weighted by molar-refractivity contribution is 6.02. The van der Waals surface area contributed by atoms with Gasteiger partial charge in [0.1, 0.15) is 18.8 Å². The number of esters is 1. The number of piperidine rings is 1. The molecule has 40 heavy (non-hydrogen) atoms. The summed E-state index contributed by atoms with van der Waals surface area (Å²) in [5.74, 6) is -2.96. The zero-order valence-electron chi connectivity index (χ0n) is 22.4. The lowest BCUT2D eigenvalue weighted by Crippen LogP contribution is -2.57. The molecular weight excluding hydrogens is 504 g/mol. The predicted octanol–water partition coefficient (Wildman–Crippen LogP) is 5.68. The fourth-order valence-electron chi connectivity index (χ4n) is 6.29. The molecule has 7 heteroatoms. The van der Waals surface area contributed by atoms with Crippen LogP contribution >= 0.6 is 0 Å². The Morgan fingerprint density at radius 2 is 1.65 bits per heavy atom. The quantitative estimate of drug-likeness (QED) is 0.178. The van der Waals surface area contributed by atoms with Crippen LogP contribution in [-0.2, 0) is 25.7 Å². The summed E-state index contributed by atoms with van der Waals surface area (Å²) in [6.07, 6.45) is 0.163. The lowest BCUT2D eigenvalue weighted by atomic mass is 9.71. The second-order valence-corrected chi connectivity index (χ2v) is 10.6. The zero-order valence-corrected chi connectivity index (χ0v) is 22.4. The van der Waals surface area contributed by atoms with Crippen molar-refractivity contribution < 1.29 is 23.9 Å². The van der Waals surface area contributed by atoms with Crippen LogP contribution in [0.25, 0.3) is 10.9 Å². The molecule has 1 amide bonds. The highest BCUT2D eigenvalue weighted by Gasteiger charge is 2.56. The van der Waals surface area contributed by atoms with E-state index in [1.165, 1.54) is 0 Å². The van der Waals surface area contributed by atoms with Crippen LogP contribution in [0.3, 0.4) is 0 Å². The van der Waals surface area contributed by atoms with Gasteiger partial charge in [-0.05, 0) is 35.6 Å². The van der Waals surface area contributed by atoms with Crippen LogP contribution < -0.4 is 0 Å². The maximum Gasteiger partial charge on any atom is 0.319 e. The largest absolute Gasteiger partial charge is 0.460 e. The topological polar surface area (TPSA) is 88.7 Å². The standard InChI is InChI=1S/C33H32N2O5/c1-2-24-25(18-29(36)27-17-23-15-9-10-16-26(23)34-27)30(33(38)40-19-21-11-5-3-6-12-21)31(37)35-28(20-39-32(24)35)22-13-7-4-8-14-22/h3-17,24-25,28,30,32,34H,2,18-20H2,1H3/t24-,25+,28-,30?,32-/m0/s1. The third kappa shape index (κ3) is 4.82. The number of para-hydroxylation sites is 1. The minimum Gasteiger partial charge on any atom is -0.460 e. The van der Waals surface area contributed by atoms with Crippen LogP contribution in [0.2, 0.25) is 0 Å². The molecule has 5 atom stereocenters. The number of carbonyl (C=O) groups is 3. The van der Waals surface area contributed by atoms with Crippen molar-refractivity contribution in [1.29, 1.82) is 0 Å². The number of hydrogen-bond acceptors (Lipinski definition) is 5. The molecule has 2 aliphatic heterocycles. The van der Waals surface area contributed by atoms with Crippen LogP contribution in [0, 0.1) is 17.8 Å². The Labute approximate surface area is 233 Å². The number of ether oxygens (including phenoxy) is 2. The summed E-state index contributed by atoms with van der Waals surface area (Å²) >= 11 is 0. The van der Waals surface area contributed by atoms with Gasteiger partial charge in [-0.3, -0.25) is 14.4 Å². The van der Waals surface area contributed by atoms with Gasteiger partial charge >= 0.3 is 5.97 Å². The van der Waals surface area contributed by atoms with Crippen LogP contribution in [0.1, 0.15) is 47.4 Å². The molecule has 3 aromatic carbocycles. The van der Waals surface area contributed by atoms with Crippen LogP contribution in [-0.4, -0.2) is 40.4 Å². The van der Waals surface area contributed by atoms with Crippen molar-refractivity contribution in [2.45, 2.75) is 38.6 Å². The van der Waals surface area contributed by atoms with E-state index in [1.807, 2.05) is 97.9 Å². The molecular formula is C33H32N2O5. The molecule has 6 rings (SSSR count). The average molecular weight is 537 g/mol. The van der Waals surface area contributed by atoms with Crippen molar-refractivity contribution in [2.24, 2.45) is 17.8 Å². The van der Waals surface area contributed by atoms with Crippen molar-refractivity contribution in [3.05, 3.63) is 108 Å². The van der Waals surface area contributed by atoms with E-state index < -0.39 is 24.0 Å². The zero-order chi connectivity index (χ0) is 27.6. The van der Waals surface area contributed by atoms with E-state index in [-0.39, 0.29) is 36.7 Å². The van der Waals surface area contributed by atoms with Crippen molar-refractivity contribution in [3.8, 4) is 0 Å². The average Bonchev–Trinajstić information content (AvgIpc) is 3.63. The molecule has 2 aliphatic rings. The van der Waals surface area contributed by atoms with Gasteiger partial charge in [-0.1, -0.05) is 85.8 Å². The SMILES string of the molecule is CC[C@H]1[C@@H](CC(=O)c2cc3ccccc3[nH]2)C(C(=O)OCc2ccccc2)C(=O)N2[C@H](c3ccccc3)CO[C@@H]12. The maximum atomic E-state index is 14.2. The van der Waals surface area contributed by atoms with Crippen molar-refractivity contribution in [3.63, 3.8) is 0 Å². The first kappa shape index (κ1) is 26.0. The summed E-state index contributed by atoms with van der Waals surface area (Å²) in [6.45, 7) is 2.42. The number of carbonyl (C=O) groups excluding carboxylic acids is 3. The summed E-state index contributed by atoms with van der Waals surface area (Å²) < 4.78 is 12.0. The van der Waals surface area contributed by atoms with E-state index in [2.05, 4.69) is 4.98 Å². The van der Waals surface area contributed by atoms with Crippen molar-refractivity contribution >= 4 is 28.6 Å². The number of benzene rings is 3. The van der Waals surface area contributed by atoms with Crippen LogP contribution in [0.15, 0.2) is 91.0 Å². The van der Waals surface area contributed by atoms with Gasteiger partial charge in [0, 0.05) is 23.2 Å². The number of amides is 1. The van der Waals surface area contributed by atoms with Gasteiger partial charge < -0.3 is 19.4 Å². The van der Waals surface area contributed by atoms with Crippen LogP contribution in [0.4, 0.5) is 0 Å². The highest BCUT2D eigenvalue weighted by Crippen LogP contribution is 2.46. The second-order valence-electron chi connectivity index (χ2n) is 10.6. The Hall–Kier alpha value is -4.23. The van der Waals surface area contributed by atoms with E-state index >= 15 is 0 Å². The number of ketones is 1. The Morgan fingerprint density at radius 1 is 0.950 bits per heavy atom. The van der Waals surface area contributed by atoms with Gasteiger partial charge in [0.25, 0.3) is 0 Å². The van der Waals surface area contributed by atoms with E-state index in [0.717, 1.165) is 22.0 Å². The van der Waals surface area contributed by atoms with Crippen LogP contribution in [0.5, 0.6) is 0 Å². The van der Waals surface area contributed by atoms with E-state index in [0.29, 0.717) is 18.7 Å². The number of aromatic amines is 1. The number of H-pyrrole nitrogens is 1. The lowest BCUT2D eigenvalue weighted by Gasteiger charge is -2.45. The Kier molecular flexibility index (Phi) is 7.22. The highest BCUT2D eigenvalue weighted by atomic mass is 16.5. The third-order valence-corrected chi connectivity index (χ3v) is 8.28. The molecule has 0 spiro atoms. The van der Waals surface area contributed by atoms with Crippen molar-refractivity contribution in [1.82, 2.24) is 9.88 Å². The number of aromatic nitrogens is 1. The molecule has 0 aliphatic carbocycles. The molecule has 1 aromatic heterocycles. The van der Waals surface area contributed by atoms with Gasteiger partial charge in [0.05, 0.1) is 18.3 Å². The third-order valence-electron chi connectivity index (χ3n) is 8.28.